The Balaban J connectivity index is 1.77. The highest BCUT2D eigenvalue weighted by atomic mass is 35.5. The molecule has 0 saturated heterocycles. The minimum absolute atomic E-state index is 0.504. The molecule has 0 atom stereocenters. The predicted octanol–water partition coefficient (Wildman–Crippen LogP) is 7.91. The fourth-order valence-corrected chi connectivity index (χ4v) is 3.53. The number of hydrogen-bond donors (Lipinski definition) is 1. The van der Waals surface area contributed by atoms with Crippen LogP contribution in [-0.4, -0.2) is 9.97 Å². The highest BCUT2D eigenvalue weighted by Gasteiger charge is 2.11. The molecule has 3 rings (SSSR count). The van der Waals surface area contributed by atoms with Gasteiger partial charge in [0.05, 0.1) is 15.7 Å². The summed E-state index contributed by atoms with van der Waals surface area (Å²) >= 11 is 12.2. The molecule has 0 saturated carbocycles. The topological polar surface area (TPSA) is 37.8 Å². The maximum Gasteiger partial charge on any atom is 0.133 e. The second-order valence-corrected chi connectivity index (χ2v) is 8.14. The van der Waals surface area contributed by atoms with Crippen molar-refractivity contribution in [1.29, 1.82) is 0 Å². The van der Waals surface area contributed by atoms with Crippen LogP contribution in [0.4, 0.5) is 5.82 Å². The molecule has 1 N–H and O–H groups in total. The predicted molar refractivity (Wildman–Crippen MR) is 134 cm³/mol. The van der Waals surface area contributed by atoms with E-state index in [0.717, 1.165) is 44.9 Å². The lowest BCUT2D eigenvalue weighted by molar-refractivity contribution is 1.06. The number of rotatable bonds is 7. The molecule has 1 aromatic heterocycles. The van der Waals surface area contributed by atoms with Gasteiger partial charge in [0, 0.05) is 17.7 Å². The quantitative estimate of drug-likeness (QED) is 0.372. The standard InChI is InChI=1S/C26H25Cl2N3/c1-5-6-21(13-17(2)3)20-9-7-19(8-10-20)15-29-26-18(4)25(30-16-31-26)22-11-12-23(27)24(28)14-22/h5-14,16H,2,15H2,1,3-4H3,(H,29,30,31)/b6-5-,21-13+. The van der Waals surface area contributed by atoms with Gasteiger partial charge in [0.25, 0.3) is 0 Å². The van der Waals surface area contributed by atoms with Gasteiger partial charge >= 0.3 is 0 Å². The summed E-state index contributed by atoms with van der Waals surface area (Å²) in [7, 11) is 0. The third kappa shape index (κ3) is 5.84. The summed E-state index contributed by atoms with van der Waals surface area (Å²) in [6.07, 6.45) is 7.77. The first-order valence-corrected chi connectivity index (χ1v) is 10.7. The molecule has 0 aliphatic rings. The number of allylic oxidation sites excluding steroid dienone is 5. The fourth-order valence-electron chi connectivity index (χ4n) is 3.24. The number of benzene rings is 2. The molecule has 0 radical (unpaired) electrons. The number of halogens is 2. The van der Waals surface area contributed by atoms with Crippen molar-refractivity contribution in [3.05, 3.63) is 106 Å². The summed E-state index contributed by atoms with van der Waals surface area (Å²) in [4.78, 5) is 8.85. The van der Waals surface area contributed by atoms with Crippen LogP contribution < -0.4 is 5.32 Å². The van der Waals surface area contributed by atoms with E-state index in [2.05, 4.69) is 58.3 Å². The maximum absolute atomic E-state index is 6.18. The van der Waals surface area contributed by atoms with Crippen LogP contribution in [0, 0.1) is 6.92 Å². The average Bonchev–Trinajstić information content (AvgIpc) is 2.75. The van der Waals surface area contributed by atoms with E-state index >= 15 is 0 Å². The van der Waals surface area contributed by atoms with Crippen LogP contribution in [0.25, 0.3) is 16.8 Å². The lowest BCUT2D eigenvalue weighted by Gasteiger charge is -2.12. The Morgan fingerprint density at radius 3 is 2.45 bits per heavy atom. The van der Waals surface area contributed by atoms with Crippen molar-refractivity contribution in [2.45, 2.75) is 27.3 Å². The third-order valence-electron chi connectivity index (χ3n) is 4.77. The van der Waals surface area contributed by atoms with E-state index in [4.69, 9.17) is 23.2 Å². The van der Waals surface area contributed by atoms with Crippen LogP contribution in [0.1, 0.15) is 30.5 Å². The molecule has 0 bridgehead atoms. The van der Waals surface area contributed by atoms with Crippen LogP contribution in [0.2, 0.25) is 10.0 Å². The molecule has 0 spiro atoms. The Morgan fingerprint density at radius 1 is 1.06 bits per heavy atom. The number of anilines is 1. The zero-order valence-corrected chi connectivity index (χ0v) is 19.4. The Hall–Kier alpha value is -2.88. The zero-order chi connectivity index (χ0) is 22.4. The van der Waals surface area contributed by atoms with E-state index in [1.165, 1.54) is 0 Å². The van der Waals surface area contributed by atoms with Crippen LogP contribution in [0.3, 0.4) is 0 Å². The molecule has 0 amide bonds. The Morgan fingerprint density at radius 2 is 1.81 bits per heavy atom. The molecule has 31 heavy (non-hydrogen) atoms. The molecule has 0 aliphatic heterocycles. The van der Waals surface area contributed by atoms with Crippen molar-refractivity contribution in [3.8, 4) is 11.3 Å². The maximum atomic E-state index is 6.18. The van der Waals surface area contributed by atoms with Gasteiger partial charge in [0.1, 0.15) is 12.1 Å². The van der Waals surface area contributed by atoms with Crippen LogP contribution in [-0.2, 0) is 6.54 Å². The van der Waals surface area contributed by atoms with Gasteiger partial charge in [-0.15, -0.1) is 0 Å². The molecule has 0 fully saturated rings. The first-order valence-electron chi connectivity index (χ1n) is 9.99. The molecule has 5 heteroatoms. The van der Waals surface area contributed by atoms with E-state index in [1.807, 2.05) is 39.0 Å². The second kappa shape index (κ2) is 10.4. The molecular formula is C26H25Cl2N3. The van der Waals surface area contributed by atoms with Crippen molar-refractivity contribution in [3.63, 3.8) is 0 Å². The summed E-state index contributed by atoms with van der Waals surface area (Å²) < 4.78 is 0. The Bertz CT molecular complexity index is 1150. The van der Waals surface area contributed by atoms with Crippen molar-refractivity contribution in [2.75, 3.05) is 5.32 Å². The first-order chi connectivity index (χ1) is 14.9. The lowest BCUT2D eigenvalue weighted by Crippen LogP contribution is -2.05. The average molecular weight is 450 g/mol. The smallest absolute Gasteiger partial charge is 0.133 e. The van der Waals surface area contributed by atoms with Gasteiger partial charge in [-0.05, 0) is 49.6 Å². The molecule has 3 nitrogen and oxygen atoms in total. The molecule has 2 aromatic carbocycles. The summed E-state index contributed by atoms with van der Waals surface area (Å²) in [5.41, 5.74) is 7.17. The van der Waals surface area contributed by atoms with Gasteiger partial charge in [-0.1, -0.05) is 83.9 Å². The summed E-state index contributed by atoms with van der Waals surface area (Å²) in [5.74, 6) is 0.789. The third-order valence-corrected chi connectivity index (χ3v) is 5.51. The van der Waals surface area contributed by atoms with Crippen LogP contribution in [0.5, 0.6) is 0 Å². The summed E-state index contributed by atoms with van der Waals surface area (Å²) in [5, 5.41) is 4.45. The highest BCUT2D eigenvalue weighted by molar-refractivity contribution is 6.42. The number of aromatic nitrogens is 2. The van der Waals surface area contributed by atoms with Gasteiger partial charge in [-0.3, -0.25) is 0 Å². The minimum Gasteiger partial charge on any atom is -0.366 e. The molecular weight excluding hydrogens is 425 g/mol. The van der Waals surface area contributed by atoms with E-state index in [0.29, 0.717) is 16.6 Å². The van der Waals surface area contributed by atoms with E-state index in [-0.39, 0.29) is 0 Å². The Labute approximate surface area is 194 Å². The lowest BCUT2D eigenvalue weighted by atomic mass is 10.0. The molecule has 0 aliphatic carbocycles. The van der Waals surface area contributed by atoms with E-state index in [9.17, 15) is 0 Å². The van der Waals surface area contributed by atoms with Crippen molar-refractivity contribution >= 4 is 34.6 Å². The Kier molecular flexibility index (Phi) is 7.67. The number of nitrogens with zero attached hydrogens (tertiary/aromatic N) is 2. The molecule has 158 valence electrons. The van der Waals surface area contributed by atoms with E-state index in [1.54, 1.807) is 12.4 Å². The monoisotopic (exact) mass is 449 g/mol. The van der Waals surface area contributed by atoms with Crippen molar-refractivity contribution in [1.82, 2.24) is 9.97 Å². The van der Waals surface area contributed by atoms with Gasteiger partial charge in [-0.25, -0.2) is 9.97 Å². The fraction of sp³-hybridized carbons (Fsp3) is 0.154. The van der Waals surface area contributed by atoms with Crippen molar-refractivity contribution in [2.24, 2.45) is 0 Å². The normalized spacial score (nSPS) is 11.7. The van der Waals surface area contributed by atoms with Gasteiger partial charge in [0.15, 0.2) is 0 Å². The highest BCUT2D eigenvalue weighted by Crippen LogP contribution is 2.30. The van der Waals surface area contributed by atoms with Gasteiger partial charge in [0.2, 0.25) is 0 Å². The molecule has 3 aromatic rings. The molecule has 0 unspecified atom stereocenters. The minimum atomic E-state index is 0.504. The second-order valence-electron chi connectivity index (χ2n) is 7.32. The van der Waals surface area contributed by atoms with E-state index < -0.39 is 0 Å². The van der Waals surface area contributed by atoms with Crippen molar-refractivity contribution < 1.29 is 0 Å². The number of nitrogens with one attached hydrogen (secondary N) is 1. The SMILES string of the molecule is C=C(C)/C=C(\C=C/C)c1ccc(CNc2ncnc(-c3ccc(Cl)c(Cl)c3)c2C)cc1. The largest absolute Gasteiger partial charge is 0.366 e. The summed E-state index contributed by atoms with van der Waals surface area (Å²) in [6, 6.07) is 14.0. The first kappa shape index (κ1) is 22.8. The van der Waals surface area contributed by atoms with Gasteiger partial charge in [-0.2, -0.15) is 0 Å². The zero-order valence-electron chi connectivity index (χ0n) is 17.9. The van der Waals surface area contributed by atoms with Crippen LogP contribution in [0.15, 0.2) is 79.2 Å². The van der Waals surface area contributed by atoms with Gasteiger partial charge < -0.3 is 5.32 Å². The molecule has 1 heterocycles. The summed E-state index contributed by atoms with van der Waals surface area (Å²) in [6.45, 7) is 10.6. The number of hydrogen-bond acceptors (Lipinski definition) is 3. The van der Waals surface area contributed by atoms with Crippen LogP contribution >= 0.6 is 23.2 Å².